The number of aromatic amines is 1. The van der Waals surface area contributed by atoms with Crippen molar-refractivity contribution in [2.45, 2.75) is 13.8 Å². The monoisotopic (exact) mass is 353 g/mol. The highest BCUT2D eigenvalue weighted by atomic mass is 16.5. The third kappa shape index (κ3) is 3.64. The van der Waals surface area contributed by atoms with Gasteiger partial charge >= 0.3 is 12.0 Å². The molecule has 26 heavy (non-hydrogen) atoms. The Labute approximate surface area is 150 Å². The Morgan fingerprint density at radius 1 is 1.23 bits per heavy atom. The molecule has 3 aromatic rings. The van der Waals surface area contributed by atoms with Crippen molar-refractivity contribution in [1.82, 2.24) is 20.3 Å². The molecule has 0 bridgehead atoms. The summed E-state index contributed by atoms with van der Waals surface area (Å²) in [4.78, 5) is 35.6. The molecule has 2 heterocycles. The van der Waals surface area contributed by atoms with Crippen LogP contribution in [0.1, 0.15) is 24.2 Å². The molecule has 0 spiro atoms. The molecule has 134 valence electrons. The number of nitrogens with one attached hydrogen (secondary N) is 3. The van der Waals surface area contributed by atoms with Gasteiger partial charge in [0.2, 0.25) is 5.95 Å². The fourth-order valence-electron chi connectivity index (χ4n) is 2.55. The van der Waals surface area contributed by atoms with Gasteiger partial charge in [0.05, 0.1) is 23.2 Å². The first-order valence-corrected chi connectivity index (χ1v) is 8.28. The van der Waals surface area contributed by atoms with Gasteiger partial charge in [-0.3, -0.25) is 10.3 Å². The Balaban J connectivity index is 2.09. The number of imidazole rings is 1. The molecule has 3 N–H and O–H groups in total. The number of esters is 1. The van der Waals surface area contributed by atoms with Crippen molar-refractivity contribution >= 4 is 29.0 Å². The Bertz CT molecular complexity index is 937. The van der Waals surface area contributed by atoms with E-state index in [9.17, 15) is 9.59 Å². The van der Waals surface area contributed by atoms with E-state index in [0.717, 1.165) is 11.1 Å². The maximum absolute atomic E-state index is 12.4. The highest BCUT2D eigenvalue weighted by Gasteiger charge is 2.18. The van der Waals surface area contributed by atoms with Crippen LogP contribution in [0.15, 0.2) is 36.7 Å². The Kier molecular flexibility index (Phi) is 5.12. The lowest BCUT2D eigenvalue weighted by Gasteiger charge is -2.06. The molecule has 0 aliphatic rings. The van der Waals surface area contributed by atoms with Crippen LogP contribution in [0.25, 0.3) is 22.2 Å². The maximum atomic E-state index is 12.4. The van der Waals surface area contributed by atoms with Gasteiger partial charge in [-0.05, 0) is 37.6 Å². The van der Waals surface area contributed by atoms with E-state index in [0.29, 0.717) is 23.1 Å². The molecule has 0 saturated carbocycles. The van der Waals surface area contributed by atoms with Gasteiger partial charge in [-0.2, -0.15) is 0 Å². The number of pyridine rings is 1. The number of urea groups is 1. The summed E-state index contributed by atoms with van der Waals surface area (Å²) in [6.45, 7) is 4.31. The minimum atomic E-state index is -0.462. The van der Waals surface area contributed by atoms with Crippen LogP contribution in [0.4, 0.5) is 10.7 Å². The number of H-pyrrole nitrogens is 1. The number of fused-ring (bicyclic) bond motifs is 1. The summed E-state index contributed by atoms with van der Waals surface area (Å²) in [6.07, 6.45) is 3.38. The molecule has 0 aliphatic carbocycles. The molecule has 8 heteroatoms. The second-order valence-electron chi connectivity index (χ2n) is 5.45. The number of carbonyl (C=O) groups excluding carboxylic acids is 2. The largest absolute Gasteiger partial charge is 0.462 e. The fraction of sp³-hybridized carbons (Fsp3) is 0.222. The molecular weight excluding hydrogens is 334 g/mol. The number of amides is 2. The predicted molar refractivity (Wildman–Crippen MR) is 98.0 cm³/mol. The second kappa shape index (κ2) is 7.64. The van der Waals surface area contributed by atoms with Gasteiger partial charge in [-0.15, -0.1) is 0 Å². The Morgan fingerprint density at radius 3 is 2.77 bits per heavy atom. The van der Waals surface area contributed by atoms with Crippen molar-refractivity contribution in [2.24, 2.45) is 0 Å². The van der Waals surface area contributed by atoms with Gasteiger partial charge in [0.1, 0.15) is 0 Å². The molecule has 3 rings (SSSR count). The molecule has 8 nitrogen and oxygen atoms in total. The van der Waals surface area contributed by atoms with Crippen LogP contribution in [-0.4, -0.2) is 40.1 Å². The van der Waals surface area contributed by atoms with Crippen molar-refractivity contribution < 1.29 is 14.3 Å². The van der Waals surface area contributed by atoms with Crippen molar-refractivity contribution in [1.29, 1.82) is 0 Å². The lowest BCUT2D eigenvalue weighted by molar-refractivity contribution is 0.0528. The molecule has 1 aromatic carbocycles. The van der Waals surface area contributed by atoms with E-state index in [1.165, 1.54) is 0 Å². The third-order valence-electron chi connectivity index (χ3n) is 3.65. The summed E-state index contributed by atoms with van der Waals surface area (Å²) in [5.41, 5.74) is 3.02. The number of hydrogen-bond donors (Lipinski definition) is 3. The summed E-state index contributed by atoms with van der Waals surface area (Å²) >= 11 is 0. The number of anilines is 1. The SMILES string of the molecule is CCNC(=O)Nc1nc2cc(-c3cccnc3)cc(C(=O)OCC)c2[nH]1. The molecule has 0 radical (unpaired) electrons. The predicted octanol–water partition coefficient (Wildman–Crippen LogP) is 2.94. The van der Waals surface area contributed by atoms with E-state index in [4.69, 9.17) is 4.74 Å². The highest BCUT2D eigenvalue weighted by molar-refractivity contribution is 6.05. The van der Waals surface area contributed by atoms with Gasteiger partial charge in [-0.1, -0.05) is 6.07 Å². The van der Waals surface area contributed by atoms with Gasteiger partial charge in [0.25, 0.3) is 0 Å². The number of rotatable bonds is 5. The van der Waals surface area contributed by atoms with Crippen LogP contribution in [-0.2, 0) is 4.74 Å². The molecular formula is C18H19N5O3. The number of aromatic nitrogens is 3. The van der Waals surface area contributed by atoms with Crippen LogP contribution in [0.3, 0.4) is 0 Å². The lowest BCUT2D eigenvalue weighted by atomic mass is 10.0. The van der Waals surface area contributed by atoms with Gasteiger partial charge in [0.15, 0.2) is 0 Å². The third-order valence-corrected chi connectivity index (χ3v) is 3.65. The summed E-state index contributed by atoms with van der Waals surface area (Å²) in [5, 5.41) is 5.23. The number of ether oxygens (including phenoxy) is 1. The number of benzene rings is 1. The van der Waals surface area contributed by atoms with Crippen molar-refractivity contribution in [3.63, 3.8) is 0 Å². The average molecular weight is 353 g/mol. The molecule has 2 aromatic heterocycles. The van der Waals surface area contributed by atoms with E-state index in [2.05, 4.69) is 25.6 Å². The lowest BCUT2D eigenvalue weighted by Crippen LogP contribution is -2.28. The van der Waals surface area contributed by atoms with Crippen molar-refractivity contribution in [2.75, 3.05) is 18.5 Å². The smallest absolute Gasteiger partial charge is 0.340 e. The first kappa shape index (κ1) is 17.4. The summed E-state index contributed by atoms with van der Waals surface area (Å²) in [7, 11) is 0. The Hall–Kier alpha value is -3.42. The quantitative estimate of drug-likeness (QED) is 0.611. The average Bonchev–Trinajstić information content (AvgIpc) is 3.04. The van der Waals surface area contributed by atoms with Crippen LogP contribution in [0, 0.1) is 0 Å². The number of nitrogens with zero attached hydrogens (tertiary/aromatic N) is 2. The topological polar surface area (TPSA) is 109 Å². The van der Waals surface area contributed by atoms with E-state index in [-0.39, 0.29) is 18.6 Å². The highest BCUT2D eigenvalue weighted by Crippen LogP contribution is 2.28. The number of carbonyl (C=O) groups is 2. The molecule has 2 amide bonds. The second-order valence-corrected chi connectivity index (χ2v) is 5.45. The molecule has 0 aliphatic heterocycles. The van der Waals surface area contributed by atoms with Gasteiger partial charge in [0, 0.05) is 24.5 Å². The first-order chi connectivity index (χ1) is 12.6. The van der Waals surface area contributed by atoms with E-state index in [1.54, 1.807) is 25.4 Å². The maximum Gasteiger partial charge on any atom is 0.340 e. The molecule has 0 atom stereocenters. The standard InChI is InChI=1S/C18H19N5O3/c1-3-20-18(25)23-17-21-14-9-12(11-6-5-7-19-10-11)8-13(15(14)22-17)16(24)26-4-2/h5-10H,3-4H2,1-2H3,(H3,20,21,22,23,25). The summed E-state index contributed by atoms with van der Waals surface area (Å²) in [5.74, 6) is -0.212. The molecule has 0 saturated heterocycles. The van der Waals surface area contributed by atoms with Crippen LogP contribution in [0.5, 0.6) is 0 Å². The van der Waals surface area contributed by atoms with Crippen LogP contribution >= 0.6 is 0 Å². The summed E-state index contributed by atoms with van der Waals surface area (Å²) in [6, 6.07) is 6.89. The summed E-state index contributed by atoms with van der Waals surface area (Å²) < 4.78 is 5.15. The minimum absolute atomic E-state index is 0.250. The normalized spacial score (nSPS) is 10.5. The Morgan fingerprint density at radius 2 is 2.08 bits per heavy atom. The van der Waals surface area contributed by atoms with Crippen LogP contribution in [0.2, 0.25) is 0 Å². The van der Waals surface area contributed by atoms with Crippen molar-refractivity contribution in [3.05, 3.63) is 42.2 Å². The number of hydrogen-bond acceptors (Lipinski definition) is 5. The van der Waals surface area contributed by atoms with Gasteiger partial charge in [-0.25, -0.2) is 14.6 Å². The zero-order valence-electron chi connectivity index (χ0n) is 14.5. The first-order valence-electron chi connectivity index (χ1n) is 8.28. The fourth-order valence-corrected chi connectivity index (χ4v) is 2.55. The van der Waals surface area contributed by atoms with E-state index in [1.807, 2.05) is 25.1 Å². The molecule has 0 fully saturated rings. The van der Waals surface area contributed by atoms with E-state index < -0.39 is 5.97 Å². The zero-order valence-corrected chi connectivity index (χ0v) is 14.5. The van der Waals surface area contributed by atoms with Gasteiger partial charge < -0.3 is 15.0 Å². The van der Waals surface area contributed by atoms with Crippen LogP contribution < -0.4 is 10.6 Å². The van der Waals surface area contributed by atoms with Crippen molar-refractivity contribution in [3.8, 4) is 11.1 Å². The zero-order chi connectivity index (χ0) is 18.5. The minimum Gasteiger partial charge on any atom is -0.462 e. The molecule has 0 unspecified atom stereocenters. The van der Waals surface area contributed by atoms with E-state index >= 15 is 0 Å².